The van der Waals surface area contributed by atoms with Gasteiger partial charge in [0.25, 0.3) is 0 Å². The molecule has 0 N–H and O–H groups in total. The molecule has 0 spiro atoms. The van der Waals surface area contributed by atoms with E-state index in [9.17, 15) is 0 Å². The Kier molecular flexibility index (Phi) is 5.53. The van der Waals surface area contributed by atoms with Gasteiger partial charge < -0.3 is 4.42 Å². The van der Waals surface area contributed by atoms with Crippen LogP contribution in [-0.4, -0.2) is 19.5 Å². The molecule has 198 valence electrons. The number of pyridine rings is 2. The normalized spacial score (nSPS) is 12.2. The van der Waals surface area contributed by atoms with E-state index >= 15 is 0 Å². The molecule has 4 heterocycles. The highest BCUT2D eigenvalue weighted by atomic mass is 16.3. The van der Waals surface area contributed by atoms with Crippen LogP contribution in [0.4, 0.5) is 0 Å². The maximum atomic E-state index is 6.60. The SMILES string of the molecule is Cc1cc2oc3c(-c4nc5cnccc5n4-c4c(C(C)C)cc5ccccc5c4C(C)C)ccc(C)c3c2cn1. The van der Waals surface area contributed by atoms with Gasteiger partial charge in [0.05, 0.1) is 23.0 Å². The van der Waals surface area contributed by atoms with Gasteiger partial charge in [0.2, 0.25) is 0 Å². The summed E-state index contributed by atoms with van der Waals surface area (Å²) in [6, 6.07) is 19.5. The van der Waals surface area contributed by atoms with Crippen LogP contribution in [0.1, 0.15) is 61.9 Å². The molecule has 0 aliphatic heterocycles. The molecule has 5 heteroatoms. The third-order valence-corrected chi connectivity index (χ3v) is 8.06. The third-order valence-electron chi connectivity index (χ3n) is 8.06. The lowest BCUT2D eigenvalue weighted by Gasteiger charge is -2.25. The maximum absolute atomic E-state index is 6.60. The predicted octanol–water partition coefficient (Wildman–Crippen LogP) is 9.40. The van der Waals surface area contributed by atoms with Crippen molar-refractivity contribution in [2.45, 2.75) is 53.4 Å². The van der Waals surface area contributed by atoms with Crippen LogP contribution in [0.5, 0.6) is 0 Å². The van der Waals surface area contributed by atoms with Gasteiger partial charge >= 0.3 is 0 Å². The van der Waals surface area contributed by atoms with E-state index in [2.05, 4.69) is 97.7 Å². The first-order chi connectivity index (χ1) is 19.3. The zero-order chi connectivity index (χ0) is 27.7. The van der Waals surface area contributed by atoms with E-state index < -0.39 is 0 Å². The highest BCUT2D eigenvalue weighted by Gasteiger charge is 2.26. The number of furan rings is 1. The Labute approximate surface area is 233 Å². The first-order valence-corrected chi connectivity index (χ1v) is 14.0. The predicted molar refractivity (Wildman–Crippen MR) is 165 cm³/mol. The second kappa shape index (κ2) is 9.02. The molecule has 0 saturated heterocycles. The Bertz CT molecular complexity index is 2090. The van der Waals surface area contributed by atoms with Crippen molar-refractivity contribution in [2.24, 2.45) is 0 Å². The van der Waals surface area contributed by atoms with Crippen molar-refractivity contribution in [3.05, 3.63) is 95.6 Å². The minimum Gasteiger partial charge on any atom is -0.455 e. The minimum atomic E-state index is 0.295. The number of aromatic nitrogens is 4. The van der Waals surface area contributed by atoms with Crippen molar-refractivity contribution in [1.29, 1.82) is 0 Å². The number of benzene rings is 3. The lowest BCUT2D eigenvalue weighted by Crippen LogP contribution is -2.09. The lowest BCUT2D eigenvalue weighted by atomic mass is 9.87. The monoisotopic (exact) mass is 524 g/mol. The third kappa shape index (κ3) is 3.57. The number of fused-ring (bicyclic) bond motifs is 5. The average Bonchev–Trinajstić information content (AvgIpc) is 3.50. The molecule has 40 heavy (non-hydrogen) atoms. The quantitative estimate of drug-likeness (QED) is 0.230. The van der Waals surface area contributed by atoms with E-state index in [1.165, 1.54) is 27.6 Å². The van der Waals surface area contributed by atoms with Crippen LogP contribution in [0.2, 0.25) is 0 Å². The summed E-state index contributed by atoms with van der Waals surface area (Å²) in [7, 11) is 0. The smallest absolute Gasteiger partial charge is 0.149 e. The summed E-state index contributed by atoms with van der Waals surface area (Å²) in [4.78, 5) is 14.2. The van der Waals surface area contributed by atoms with Gasteiger partial charge in [0, 0.05) is 34.9 Å². The van der Waals surface area contributed by atoms with Gasteiger partial charge in [-0.3, -0.25) is 14.5 Å². The molecule has 7 aromatic rings. The first kappa shape index (κ1) is 24.5. The molecule has 0 bridgehead atoms. The van der Waals surface area contributed by atoms with E-state index in [-0.39, 0.29) is 0 Å². The molecule has 0 fully saturated rings. The number of aryl methyl sites for hydroxylation is 2. The largest absolute Gasteiger partial charge is 0.455 e. The van der Waals surface area contributed by atoms with Crippen LogP contribution >= 0.6 is 0 Å². The van der Waals surface area contributed by atoms with Crippen molar-refractivity contribution in [3.63, 3.8) is 0 Å². The Morgan fingerprint density at radius 1 is 0.850 bits per heavy atom. The van der Waals surface area contributed by atoms with Gasteiger partial charge in [-0.15, -0.1) is 0 Å². The number of hydrogen-bond donors (Lipinski definition) is 0. The first-order valence-electron chi connectivity index (χ1n) is 14.0. The molecule has 0 unspecified atom stereocenters. The van der Waals surface area contributed by atoms with Crippen molar-refractivity contribution in [3.8, 4) is 17.1 Å². The lowest BCUT2D eigenvalue weighted by molar-refractivity contribution is 0.668. The molecule has 0 aliphatic carbocycles. The molecule has 4 aromatic heterocycles. The number of rotatable bonds is 4. The maximum Gasteiger partial charge on any atom is 0.149 e. The van der Waals surface area contributed by atoms with E-state index in [4.69, 9.17) is 9.40 Å². The molecule has 0 aliphatic rings. The van der Waals surface area contributed by atoms with Gasteiger partial charge in [0.15, 0.2) is 0 Å². The summed E-state index contributed by atoms with van der Waals surface area (Å²) in [5, 5.41) is 4.66. The van der Waals surface area contributed by atoms with Gasteiger partial charge in [-0.25, -0.2) is 4.98 Å². The number of nitrogens with zero attached hydrogens (tertiary/aromatic N) is 4. The van der Waals surface area contributed by atoms with E-state index in [1.807, 2.05) is 31.6 Å². The van der Waals surface area contributed by atoms with E-state index in [0.717, 1.165) is 55.6 Å². The molecular formula is C35H32N4O. The molecule has 0 saturated carbocycles. The minimum absolute atomic E-state index is 0.295. The van der Waals surface area contributed by atoms with Gasteiger partial charge in [-0.2, -0.15) is 0 Å². The van der Waals surface area contributed by atoms with Crippen molar-refractivity contribution in [1.82, 2.24) is 19.5 Å². The molecular weight excluding hydrogens is 492 g/mol. The van der Waals surface area contributed by atoms with Gasteiger partial charge in [-0.1, -0.05) is 58.0 Å². The molecule has 7 rings (SSSR count). The van der Waals surface area contributed by atoms with Gasteiger partial charge in [-0.05, 0) is 71.3 Å². The zero-order valence-electron chi connectivity index (χ0n) is 23.8. The zero-order valence-corrected chi connectivity index (χ0v) is 23.8. The summed E-state index contributed by atoms with van der Waals surface area (Å²) in [6.07, 6.45) is 5.64. The van der Waals surface area contributed by atoms with Crippen molar-refractivity contribution in [2.75, 3.05) is 0 Å². The second-order valence-corrected chi connectivity index (χ2v) is 11.5. The highest BCUT2D eigenvalue weighted by molar-refractivity contribution is 6.11. The van der Waals surface area contributed by atoms with E-state index in [0.29, 0.717) is 11.8 Å². The number of imidazole rings is 1. The van der Waals surface area contributed by atoms with Crippen LogP contribution in [-0.2, 0) is 0 Å². The molecule has 3 aromatic carbocycles. The van der Waals surface area contributed by atoms with Crippen LogP contribution in [0.3, 0.4) is 0 Å². The fraction of sp³-hybridized carbons (Fsp3) is 0.229. The fourth-order valence-electron chi connectivity index (χ4n) is 6.22. The standard InChI is InChI=1S/C35H32N4O/c1-19(2)26-16-23-9-7-8-10-24(23)31(20(3)4)33(26)39-29-13-14-36-18-28(29)38-35(39)25-12-11-21(5)32-27-17-37-22(6)15-30(27)40-34(25)32/h7-20H,1-6H3. The van der Waals surface area contributed by atoms with Crippen LogP contribution in [0.15, 0.2) is 77.6 Å². The van der Waals surface area contributed by atoms with Crippen molar-refractivity contribution >= 4 is 43.7 Å². The second-order valence-electron chi connectivity index (χ2n) is 11.5. The highest BCUT2D eigenvalue weighted by Crippen LogP contribution is 2.43. The molecule has 0 radical (unpaired) electrons. The van der Waals surface area contributed by atoms with Crippen LogP contribution in [0.25, 0.3) is 60.8 Å². The van der Waals surface area contributed by atoms with Gasteiger partial charge in [0.1, 0.15) is 22.5 Å². The Morgan fingerprint density at radius 2 is 1.68 bits per heavy atom. The Morgan fingerprint density at radius 3 is 2.48 bits per heavy atom. The summed E-state index contributed by atoms with van der Waals surface area (Å²) < 4.78 is 8.96. The summed E-state index contributed by atoms with van der Waals surface area (Å²) in [6.45, 7) is 13.2. The molecule has 0 atom stereocenters. The van der Waals surface area contributed by atoms with Crippen LogP contribution < -0.4 is 0 Å². The summed E-state index contributed by atoms with van der Waals surface area (Å²) >= 11 is 0. The van der Waals surface area contributed by atoms with E-state index in [1.54, 1.807) is 0 Å². The summed E-state index contributed by atoms with van der Waals surface area (Å²) in [5.74, 6) is 1.46. The Hall–Kier alpha value is -4.51. The van der Waals surface area contributed by atoms with Crippen LogP contribution in [0, 0.1) is 13.8 Å². The molecule has 0 amide bonds. The molecule has 5 nitrogen and oxygen atoms in total. The fourth-order valence-corrected chi connectivity index (χ4v) is 6.22. The summed E-state index contributed by atoms with van der Waals surface area (Å²) in [5.41, 5.74) is 10.5. The Balaban J connectivity index is 1.67. The number of hydrogen-bond acceptors (Lipinski definition) is 4. The topological polar surface area (TPSA) is 56.7 Å². The average molecular weight is 525 g/mol. The van der Waals surface area contributed by atoms with Crippen molar-refractivity contribution < 1.29 is 4.42 Å².